The Kier molecular flexibility index (Phi) is 5.39. The van der Waals surface area contributed by atoms with E-state index in [1.165, 1.54) is 6.33 Å². The summed E-state index contributed by atoms with van der Waals surface area (Å²) in [5.74, 6) is 2.15. The molecule has 1 aromatic carbocycles. The van der Waals surface area contributed by atoms with Gasteiger partial charge in [-0.2, -0.15) is 15.5 Å². The van der Waals surface area contributed by atoms with E-state index in [0.29, 0.717) is 51.4 Å². The van der Waals surface area contributed by atoms with Crippen molar-refractivity contribution in [1.82, 2.24) is 29.5 Å². The molecule has 0 unspecified atom stereocenters. The second kappa shape index (κ2) is 8.31. The topological polar surface area (TPSA) is 124 Å². The molecule has 10 heteroatoms. The number of aldehydes is 1. The van der Waals surface area contributed by atoms with Crippen LogP contribution in [0.5, 0.6) is 5.75 Å². The zero-order chi connectivity index (χ0) is 22.8. The Hall–Kier alpha value is -4.52. The van der Waals surface area contributed by atoms with E-state index in [9.17, 15) is 4.79 Å². The van der Waals surface area contributed by atoms with Crippen molar-refractivity contribution < 1.29 is 9.53 Å². The second-order valence-corrected chi connectivity index (χ2v) is 7.04. The van der Waals surface area contributed by atoms with Crippen LogP contribution in [0.2, 0.25) is 0 Å². The summed E-state index contributed by atoms with van der Waals surface area (Å²) in [5.41, 5.74) is 3.88. The maximum atomic E-state index is 11.3. The van der Waals surface area contributed by atoms with Gasteiger partial charge in [-0.1, -0.05) is 12.1 Å². The molecule has 0 radical (unpaired) electrons. The third-order valence-electron chi connectivity index (χ3n) is 5.08. The number of carbonyl (C=O) groups excluding carboxylic acids is 1. The summed E-state index contributed by atoms with van der Waals surface area (Å²) in [4.78, 5) is 19.9. The van der Waals surface area contributed by atoms with Gasteiger partial charge in [0.2, 0.25) is 0 Å². The molecule has 0 spiro atoms. The molecule has 32 heavy (non-hydrogen) atoms. The van der Waals surface area contributed by atoms with Gasteiger partial charge in [-0.25, -0.2) is 19.3 Å². The summed E-state index contributed by atoms with van der Waals surface area (Å²) in [6.07, 6.45) is 2.21. The van der Waals surface area contributed by atoms with Crippen LogP contribution in [-0.4, -0.2) is 42.9 Å². The third-order valence-corrected chi connectivity index (χ3v) is 5.08. The van der Waals surface area contributed by atoms with E-state index in [-0.39, 0.29) is 0 Å². The number of aromatic nitrogens is 6. The second-order valence-electron chi connectivity index (χ2n) is 7.04. The molecule has 0 amide bonds. The van der Waals surface area contributed by atoms with Gasteiger partial charge in [0.25, 0.3) is 0 Å². The van der Waals surface area contributed by atoms with Crippen LogP contribution in [0.3, 0.4) is 0 Å². The number of carbonyl (C=O) groups is 1. The van der Waals surface area contributed by atoms with Crippen molar-refractivity contribution in [2.45, 2.75) is 13.8 Å². The molecule has 4 rings (SSSR count). The molecule has 0 saturated carbocycles. The van der Waals surface area contributed by atoms with Crippen LogP contribution < -0.4 is 10.1 Å². The molecular formula is C22H20N8O2. The van der Waals surface area contributed by atoms with E-state index in [2.05, 4.69) is 31.6 Å². The number of methoxy groups -OCH3 is 1. The first-order chi connectivity index (χ1) is 15.5. The zero-order valence-electron chi connectivity index (χ0n) is 18.0. The minimum absolute atomic E-state index is 0.503. The summed E-state index contributed by atoms with van der Waals surface area (Å²) in [6, 6.07) is 10.9. The van der Waals surface area contributed by atoms with Crippen molar-refractivity contribution in [3.05, 3.63) is 59.2 Å². The molecule has 0 atom stereocenters. The Labute approximate surface area is 184 Å². The van der Waals surface area contributed by atoms with Crippen molar-refractivity contribution in [1.29, 1.82) is 5.26 Å². The minimum Gasteiger partial charge on any atom is -0.491 e. The van der Waals surface area contributed by atoms with Crippen molar-refractivity contribution in [2.75, 3.05) is 12.4 Å². The van der Waals surface area contributed by atoms with Crippen LogP contribution in [0.15, 0.2) is 36.7 Å². The van der Waals surface area contributed by atoms with E-state index in [1.54, 1.807) is 48.6 Å². The number of ether oxygens (including phenoxy) is 1. The van der Waals surface area contributed by atoms with Gasteiger partial charge in [0.15, 0.2) is 23.7 Å². The van der Waals surface area contributed by atoms with E-state index in [0.717, 1.165) is 11.8 Å². The fraction of sp³-hybridized carbons (Fsp3) is 0.182. The van der Waals surface area contributed by atoms with Crippen molar-refractivity contribution in [2.24, 2.45) is 7.05 Å². The molecule has 3 heterocycles. The van der Waals surface area contributed by atoms with Gasteiger partial charge in [0, 0.05) is 18.7 Å². The number of nitrogens with one attached hydrogen (secondary N) is 1. The molecule has 0 fully saturated rings. The normalized spacial score (nSPS) is 10.6. The van der Waals surface area contributed by atoms with Gasteiger partial charge in [0.1, 0.15) is 17.8 Å². The third kappa shape index (κ3) is 3.56. The molecule has 4 aromatic rings. The standard InChI is InChI=1S/C22H20N8O2/c1-13-17(11-31)14(2)30(27-13)19-9-18(24-12-25-19)26-22-21(32-4)20(28-29(22)3)16-7-5-15(10-23)6-8-16/h5-9,11-12H,1-4H3,(H,24,25,26). The molecule has 0 saturated heterocycles. The number of benzene rings is 1. The summed E-state index contributed by atoms with van der Waals surface area (Å²) in [7, 11) is 3.36. The lowest BCUT2D eigenvalue weighted by Crippen LogP contribution is -2.06. The Morgan fingerprint density at radius 1 is 1.16 bits per heavy atom. The average Bonchev–Trinajstić information content (AvgIpc) is 3.28. The average molecular weight is 428 g/mol. The van der Waals surface area contributed by atoms with E-state index >= 15 is 0 Å². The Bertz CT molecular complexity index is 1350. The number of hydrogen-bond donors (Lipinski definition) is 1. The van der Waals surface area contributed by atoms with Gasteiger partial charge >= 0.3 is 0 Å². The smallest absolute Gasteiger partial charge is 0.189 e. The molecule has 0 aliphatic heterocycles. The minimum atomic E-state index is 0.503. The van der Waals surface area contributed by atoms with Crippen LogP contribution >= 0.6 is 0 Å². The first kappa shape index (κ1) is 20.7. The molecule has 0 bridgehead atoms. The molecule has 160 valence electrons. The number of hydrogen-bond acceptors (Lipinski definition) is 8. The summed E-state index contributed by atoms with van der Waals surface area (Å²) in [6.45, 7) is 3.59. The molecular weight excluding hydrogens is 408 g/mol. The zero-order valence-corrected chi connectivity index (χ0v) is 18.0. The van der Waals surface area contributed by atoms with Gasteiger partial charge < -0.3 is 10.1 Å². The Balaban J connectivity index is 1.71. The fourth-order valence-corrected chi connectivity index (χ4v) is 3.43. The van der Waals surface area contributed by atoms with Gasteiger partial charge in [0.05, 0.1) is 35.7 Å². The predicted molar refractivity (Wildman–Crippen MR) is 117 cm³/mol. The molecule has 0 aliphatic rings. The SMILES string of the molecule is COc1c(-c2ccc(C#N)cc2)nn(C)c1Nc1cc(-n2nc(C)c(C=O)c2C)ncn1. The van der Waals surface area contributed by atoms with E-state index in [1.807, 2.05) is 19.1 Å². The van der Waals surface area contributed by atoms with Crippen LogP contribution in [0.25, 0.3) is 17.1 Å². The summed E-state index contributed by atoms with van der Waals surface area (Å²) in [5, 5.41) is 21.2. The first-order valence-corrected chi connectivity index (χ1v) is 9.69. The fourth-order valence-electron chi connectivity index (χ4n) is 3.43. The van der Waals surface area contributed by atoms with Crippen molar-refractivity contribution in [3.8, 4) is 28.9 Å². The maximum Gasteiger partial charge on any atom is 0.189 e. The van der Waals surface area contributed by atoms with Crippen LogP contribution in [-0.2, 0) is 7.05 Å². The highest BCUT2D eigenvalue weighted by molar-refractivity contribution is 5.78. The highest BCUT2D eigenvalue weighted by Gasteiger charge is 2.20. The lowest BCUT2D eigenvalue weighted by molar-refractivity contribution is 0.112. The summed E-state index contributed by atoms with van der Waals surface area (Å²) >= 11 is 0. The van der Waals surface area contributed by atoms with E-state index in [4.69, 9.17) is 10.00 Å². The number of nitriles is 1. The molecule has 10 nitrogen and oxygen atoms in total. The van der Waals surface area contributed by atoms with Crippen LogP contribution in [0.1, 0.15) is 27.3 Å². The lowest BCUT2D eigenvalue weighted by Gasteiger charge is -2.10. The van der Waals surface area contributed by atoms with Gasteiger partial charge in [-0.05, 0) is 26.0 Å². The largest absolute Gasteiger partial charge is 0.491 e. The van der Waals surface area contributed by atoms with Crippen LogP contribution in [0.4, 0.5) is 11.6 Å². The quantitative estimate of drug-likeness (QED) is 0.465. The van der Waals surface area contributed by atoms with Crippen LogP contribution in [0, 0.1) is 25.2 Å². The molecule has 0 aliphatic carbocycles. The predicted octanol–water partition coefficient (Wildman–Crippen LogP) is 3.12. The highest BCUT2D eigenvalue weighted by Crippen LogP contribution is 2.37. The number of rotatable bonds is 6. The highest BCUT2D eigenvalue weighted by atomic mass is 16.5. The van der Waals surface area contributed by atoms with Gasteiger partial charge in [-0.15, -0.1) is 0 Å². The Morgan fingerprint density at radius 3 is 2.53 bits per heavy atom. The number of anilines is 2. The van der Waals surface area contributed by atoms with Gasteiger partial charge in [-0.3, -0.25) is 4.79 Å². The lowest BCUT2D eigenvalue weighted by atomic mass is 10.1. The summed E-state index contributed by atoms with van der Waals surface area (Å²) < 4.78 is 8.90. The number of aryl methyl sites for hydroxylation is 2. The monoisotopic (exact) mass is 428 g/mol. The maximum absolute atomic E-state index is 11.3. The molecule has 1 N–H and O–H groups in total. The van der Waals surface area contributed by atoms with Crippen molar-refractivity contribution in [3.63, 3.8) is 0 Å². The first-order valence-electron chi connectivity index (χ1n) is 9.69. The molecule has 3 aromatic heterocycles. The van der Waals surface area contributed by atoms with Crippen molar-refractivity contribution >= 4 is 17.9 Å². The van der Waals surface area contributed by atoms with E-state index < -0.39 is 0 Å². The Morgan fingerprint density at radius 2 is 1.91 bits per heavy atom. The number of nitrogens with zero attached hydrogens (tertiary/aromatic N) is 7.